The van der Waals surface area contributed by atoms with Crippen LogP contribution in [-0.2, 0) is 0 Å². The summed E-state index contributed by atoms with van der Waals surface area (Å²) in [7, 11) is 1.59. The molecule has 2 aromatic rings. The van der Waals surface area contributed by atoms with Crippen molar-refractivity contribution in [3.8, 4) is 17.0 Å². The van der Waals surface area contributed by atoms with E-state index >= 15 is 0 Å². The minimum atomic E-state index is 0.134. The van der Waals surface area contributed by atoms with E-state index in [1.54, 1.807) is 32.2 Å². The van der Waals surface area contributed by atoms with Gasteiger partial charge in [0.25, 0.3) is 6.01 Å². The highest BCUT2D eigenvalue weighted by molar-refractivity contribution is 6.31. The van der Waals surface area contributed by atoms with Crippen LogP contribution < -0.4 is 10.5 Å². The number of halogens is 1. The highest BCUT2D eigenvalue weighted by atomic mass is 35.5. The first-order valence-corrected chi connectivity index (χ1v) is 5.06. The number of nitrogen functional groups attached to an aromatic ring is 1. The summed E-state index contributed by atoms with van der Waals surface area (Å²) in [4.78, 5) is 4.10. The van der Waals surface area contributed by atoms with Crippen molar-refractivity contribution in [1.82, 2.24) is 4.98 Å². The summed E-state index contributed by atoms with van der Waals surface area (Å²) < 4.78 is 10.4. The second kappa shape index (κ2) is 4.06. The molecule has 0 atom stereocenters. The smallest absolute Gasteiger partial charge is 0.292 e. The molecule has 0 radical (unpaired) electrons. The zero-order chi connectivity index (χ0) is 11.7. The van der Waals surface area contributed by atoms with Gasteiger partial charge in [0.2, 0.25) is 0 Å². The Balaban J connectivity index is 2.62. The molecule has 5 heteroatoms. The number of aryl methyl sites for hydroxylation is 1. The van der Waals surface area contributed by atoms with E-state index in [2.05, 4.69) is 4.98 Å². The molecule has 0 spiro atoms. The number of benzene rings is 1. The first kappa shape index (κ1) is 10.8. The van der Waals surface area contributed by atoms with E-state index in [1.807, 2.05) is 0 Å². The van der Waals surface area contributed by atoms with Crippen molar-refractivity contribution in [3.05, 3.63) is 29.0 Å². The average molecular weight is 239 g/mol. The molecule has 0 unspecified atom stereocenters. The second-order valence-corrected chi connectivity index (χ2v) is 3.74. The summed E-state index contributed by atoms with van der Waals surface area (Å²) in [6.45, 7) is 1.79. The van der Waals surface area contributed by atoms with E-state index in [1.165, 1.54) is 0 Å². The lowest BCUT2D eigenvalue weighted by molar-refractivity contribution is 0.416. The maximum absolute atomic E-state index is 5.94. The summed E-state index contributed by atoms with van der Waals surface area (Å²) in [6.07, 6.45) is 0. The Morgan fingerprint density at radius 1 is 1.44 bits per heavy atom. The quantitative estimate of drug-likeness (QED) is 0.874. The Bertz CT molecular complexity index is 523. The van der Waals surface area contributed by atoms with E-state index in [0.29, 0.717) is 22.2 Å². The van der Waals surface area contributed by atoms with Gasteiger partial charge in [-0.1, -0.05) is 11.6 Å². The largest absolute Gasteiger partial charge is 0.496 e. The molecule has 16 heavy (non-hydrogen) atoms. The van der Waals surface area contributed by atoms with Crippen LogP contribution in [0.5, 0.6) is 5.75 Å². The van der Waals surface area contributed by atoms with E-state index < -0.39 is 0 Å². The maximum atomic E-state index is 5.94. The monoisotopic (exact) mass is 238 g/mol. The minimum Gasteiger partial charge on any atom is -0.496 e. The van der Waals surface area contributed by atoms with E-state index in [-0.39, 0.29) is 6.01 Å². The summed E-state index contributed by atoms with van der Waals surface area (Å²) in [5.74, 6) is 1.32. The number of aromatic nitrogens is 1. The lowest BCUT2D eigenvalue weighted by Crippen LogP contribution is -1.90. The number of oxazole rings is 1. The summed E-state index contributed by atoms with van der Waals surface area (Å²) in [5, 5.41) is 0.608. The van der Waals surface area contributed by atoms with Crippen LogP contribution in [0.2, 0.25) is 5.02 Å². The van der Waals surface area contributed by atoms with Crippen molar-refractivity contribution >= 4 is 17.6 Å². The Morgan fingerprint density at radius 3 is 2.75 bits per heavy atom. The molecule has 1 aromatic heterocycles. The number of ether oxygens (including phenoxy) is 1. The second-order valence-electron chi connectivity index (χ2n) is 3.30. The van der Waals surface area contributed by atoms with Crippen LogP contribution in [0, 0.1) is 6.92 Å². The van der Waals surface area contributed by atoms with Crippen LogP contribution in [0.4, 0.5) is 6.01 Å². The summed E-state index contributed by atoms with van der Waals surface area (Å²) >= 11 is 5.94. The van der Waals surface area contributed by atoms with Gasteiger partial charge in [-0.2, -0.15) is 4.98 Å². The molecule has 0 bridgehead atoms. The van der Waals surface area contributed by atoms with Crippen LogP contribution in [0.3, 0.4) is 0 Å². The normalized spacial score (nSPS) is 10.4. The topological polar surface area (TPSA) is 61.3 Å². The van der Waals surface area contributed by atoms with Gasteiger partial charge in [-0.15, -0.1) is 0 Å². The SMILES string of the molecule is COc1ccc(Cl)cc1-c1nc(N)oc1C. The number of hydrogen-bond donors (Lipinski definition) is 1. The van der Waals surface area contributed by atoms with E-state index in [4.69, 9.17) is 26.5 Å². The maximum Gasteiger partial charge on any atom is 0.292 e. The molecule has 0 saturated heterocycles. The fourth-order valence-corrected chi connectivity index (χ4v) is 1.70. The Labute approximate surface area is 98.0 Å². The number of rotatable bonds is 2. The first-order chi connectivity index (χ1) is 7.61. The predicted octanol–water partition coefficient (Wildman–Crippen LogP) is 2.89. The molecule has 1 aromatic carbocycles. The fraction of sp³-hybridized carbons (Fsp3) is 0.182. The summed E-state index contributed by atoms with van der Waals surface area (Å²) in [5.41, 5.74) is 6.92. The zero-order valence-electron chi connectivity index (χ0n) is 8.95. The molecular weight excluding hydrogens is 228 g/mol. The van der Waals surface area contributed by atoms with Gasteiger partial charge in [0.15, 0.2) is 0 Å². The van der Waals surface area contributed by atoms with E-state index in [9.17, 15) is 0 Å². The van der Waals surface area contributed by atoms with Crippen LogP contribution in [-0.4, -0.2) is 12.1 Å². The van der Waals surface area contributed by atoms with Crippen LogP contribution >= 0.6 is 11.6 Å². The molecule has 0 aliphatic heterocycles. The highest BCUT2D eigenvalue weighted by Gasteiger charge is 2.14. The Hall–Kier alpha value is -1.68. The van der Waals surface area contributed by atoms with Gasteiger partial charge in [0.1, 0.15) is 17.2 Å². The van der Waals surface area contributed by atoms with Crippen LogP contribution in [0.15, 0.2) is 22.6 Å². The van der Waals surface area contributed by atoms with Crippen molar-refractivity contribution in [2.75, 3.05) is 12.8 Å². The van der Waals surface area contributed by atoms with Gasteiger partial charge in [-0.3, -0.25) is 0 Å². The zero-order valence-corrected chi connectivity index (χ0v) is 9.71. The van der Waals surface area contributed by atoms with Gasteiger partial charge in [0.05, 0.1) is 7.11 Å². The lowest BCUT2D eigenvalue weighted by Gasteiger charge is -2.06. The predicted molar refractivity (Wildman–Crippen MR) is 62.7 cm³/mol. The Morgan fingerprint density at radius 2 is 2.19 bits per heavy atom. The fourth-order valence-electron chi connectivity index (χ4n) is 1.53. The van der Waals surface area contributed by atoms with Crippen molar-refractivity contribution in [3.63, 3.8) is 0 Å². The molecule has 2 rings (SSSR count). The molecule has 1 heterocycles. The number of methoxy groups -OCH3 is 1. The lowest BCUT2D eigenvalue weighted by atomic mass is 10.1. The van der Waals surface area contributed by atoms with Gasteiger partial charge in [0, 0.05) is 10.6 Å². The van der Waals surface area contributed by atoms with Crippen LogP contribution in [0.25, 0.3) is 11.3 Å². The first-order valence-electron chi connectivity index (χ1n) is 4.68. The van der Waals surface area contributed by atoms with Crippen molar-refractivity contribution in [1.29, 1.82) is 0 Å². The van der Waals surface area contributed by atoms with Crippen molar-refractivity contribution < 1.29 is 9.15 Å². The third kappa shape index (κ3) is 1.84. The standard InChI is InChI=1S/C11H11ClN2O2/c1-6-10(14-11(13)16-6)8-5-7(12)3-4-9(8)15-2/h3-5H,1-2H3,(H2,13,14). The van der Waals surface area contributed by atoms with Crippen molar-refractivity contribution in [2.24, 2.45) is 0 Å². The molecule has 0 fully saturated rings. The molecule has 4 nitrogen and oxygen atoms in total. The van der Waals surface area contributed by atoms with Gasteiger partial charge in [-0.25, -0.2) is 0 Å². The third-order valence-electron chi connectivity index (χ3n) is 2.23. The number of hydrogen-bond acceptors (Lipinski definition) is 4. The van der Waals surface area contributed by atoms with Gasteiger partial charge < -0.3 is 14.9 Å². The molecule has 0 aliphatic carbocycles. The Kier molecular flexibility index (Phi) is 2.75. The van der Waals surface area contributed by atoms with Gasteiger partial charge >= 0.3 is 0 Å². The van der Waals surface area contributed by atoms with Gasteiger partial charge in [-0.05, 0) is 25.1 Å². The van der Waals surface area contributed by atoms with Crippen molar-refractivity contribution in [2.45, 2.75) is 6.92 Å². The highest BCUT2D eigenvalue weighted by Crippen LogP contribution is 2.34. The third-order valence-corrected chi connectivity index (χ3v) is 2.46. The number of nitrogens with zero attached hydrogens (tertiary/aromatic N) is 1. The molecular formula is C11H11ClN2O2. The van der Waals surface area contributed by atoms with E-state index in [0.717, 1.165) is 5.56 Å². The number of nitrogens with two attached hydrogens (primary N) is 1. The molecule has 0 aliphatic rings. The molecule has 0 amide bonds. The molecule has 2 N–H and O–H groups in total. The minimum absolute atomic E-state index is 0.134. The average Bonchev–Trinajstić information content (AvgIpc) is 2.57. The molecule has 0 saturated carbocycles. The molecule has 84 valence electrons. The summed E-state index contributed by atoms with van der Waals surface area (Å²) in [6, 6.07) is 5.43. The van der Waals surface area contributed by atoms with Crippen LogP contribution in [0.1, 0.15) is 5.76 Å². The number of anilines is 1.